The molecule has 29 heavy (non-hydrogen) atoms. The molecule has 0 unspecified atom stereocenters. The zero-order valence-corrected chi connectivity index (χ0v) is 16.6. The summed E-state index contributed by atoms with van der Waals surface area (Å²) < 4.78 is 83.4. The van der Waals surface area contributed by atoms with Crippen LogP contribution in [0.15, 0.2) is 23.1 Å². The van der Waals surface area contributed by atoms with Crippen LogP contribution in [0.25, 0.3) is 0 Å². The number of halogens is 3. The number of hydrogen-bond donors (Lipinski definition) is 1. The molecular weight excluding hydrogens is 415 g/mol. The number of benzene rings is 1. The SMILES string of the molecule is COc1ccc(S(=O)(=O)NCCn2nc(C(F)(F)F)c3c2CCOC3)cc1OC. The monoisotopic (exact) mass is 435 g/mol. The Morgan fingerprint density at radius 1 is 1.24 bits per heavy atom. The molecule has 0 aliphatic carbocycles. The first-order valence-electron chi connectivity index (χ1n) is 8.62. The van der Waals surface area contributed by atoms with Gasteiger partial charge in [0.1, 0.15) is 0 Å². The molecule has 1 aliphatic heterocycles. The van der Waals surface area contributed by atoms with Crippen LogP contribution < -0.4 is 14.2 Å². The lowest BCUT2D eigenvalue weighted by Crippen LogP contribution is -2.28. The average molecular weight is 435 g/mol. The van der Waals surface area contributed by atoms with E-state index in [0.29, 0.717) is 11.4 Å². The van der Waals surface area contributed by atoms with E-state index in [4.69, 9.17) is 14.2 Å². The Bertz CT molecular complexity index is 989. The summed E-state index contributed by atoms with van der Waals surface area (Å²) >= 11 is 0. The van der Waals surface area contributed by atoms with Crippen LogP contribution in [0, 0.1) is 0 Å². The van der Waals surface area contributed by atoms with Crippen molar-refractivity contribution in [2.24, 2.45) is 0 Å². The van der Waals surface area contributed by atoms with Gasteiger partial charge in [0.25, 0.3) is 0 Å². The highest BCUT2D eigenvalue weighted by Gasteiger charge is 2.39. The number of alkyl halides is 3. The summed E-state index contributed by atoms with van der Waals surface area (Å²) in [6, 6.07) is 4.10. The second kappa shape index (κ2) is 8.20. The highest BCUT2D eigenvalue weighted by Crippen LogP contribution is 2.34. The van der Waals surface area contributed by atoms with Gasteiger partial charge in [-0.3, -0.25) is 4.68 Å². The highest BCUT2D eigenvalue weighted by molar-refractivity contribution is 7.89. The van der Waals surface area contributed by atoms with Crippen molar-refractivity contribution >= 4 is 10.0 Å². The largest absolute Gasteiger partial charge is 0.493 e. The minimum Gasteiger partial charge on any atom is -0.493 e. The predicted molar refractivity (Wildman–Crippen MR) is 95.3 cm³/mol. The van der Waals surface area contributed by atoms with Crippen LogP contribution in [0.1, 0.15) is 17.0 Å². The Balaban J connectivity index is 1.75. The molecule has 2 heterocycles. The van der Waals surface area contributed by atoms with E-state index in [2.05, 4.69) is 9.82 Å². The lowest BCUT2D eigenvalue weighted by atomic mass is 10.1. The van der Waals surface area contributed by atoms with Gasteiger partial charge in [-0.05, 0) is 12.1 Å². The van der Waals surface area contributed by atoms with Gasteiger partial charge in [-0.15, -0.1) is 0 Å². The Hall–Kier alpha value is -2.31. The zero-order chi connectivity index (χ0) is 21.2. The van der Waals surface area contributed by atoms with Gasteiger partial charge in [-0.1, -0.05) is 0 Å². The third-order valence-electron chi connectivity index (χ3n) is 4.45. The number of aromatic nitrogens is 2. The van der Waals surface area contributed by atoms with Crippen LogP contribution >= 0.6 is 0 Å². The molecule has 2 aromatic rings. The van der Waals surface area contributed by atoms with E-state index in [1.54, 1.807) is 0 Å². The Labute approximate surface area is 165 Å². The quantitative estimate of drug-likeness (QED) is 0.715. The number of hydrogen-bond acceptors (Lipinski definition) is 6. The van der Waals surface area contributed by atoms with E-state index in [1.807, 2.05) is 0 Å². The van der Waals surface area contributed by atoms with Gasteiger partial charge >= 0.3 is 6.18 Å². The minimum atomic E-state index is -4.60. The van der Waals surface area contributed by atoms with Crippen molar-refractivity contribution in [1.29, 1.82) is 0 Å². The van der Waals surface area contributed by atoms with Crippen molar-refractivity contribution in [3.63, 3.8) is 0 Å². The van der Waals surface area contributed by atoms with Crippen molar-refractivity contribution in [2.75, 3.05) is 27.4 Å². The number of methoxy groups -OCH3 is 2. The molecule has 0 amide bonds. The van der Waals surface area contributed by atoms with Crippen molar-refractivity contribution in [3.8, 4) is 11.5 Å². The maximum Gasteiger partial charge on any atom is 0.435 e. The van der Waals surface area contributed by atoms with Crippen molar-refractivity contribution < 1.29 is 35.8 Å². The summed E-state index contributed by atoms with van der Waals surface area (Å²) in [5.74, 6) is 0.614. The lowest BCUT2D eigenvalue weighted by molar-refractivity contribution is -0.142. The average Bonchev–Trinajstić information content (AvgIpc) is 3.06. The number of nitrogens with zero attached hydrogens (tertiary/aromatic N) is 2. The van der Waals surface area contributed by atoms with Crippen LogP contribution in [0.5, 0.6) is 11.5 Å². The van der Waals surface area contributed by atoms with Crippen molar-refractivity contribution in [3.05, 3.63) is 35.2 Å². The predicted octanol–water partition coefficient (Wildman–Crippen LogP) is 1.97. The third kappa shape index (κ3) is 4.49. The fourth-order valence-corrected chi connectivity index (χ4v) is 4.11. The minimum absolute atomic E-state index is 0.00602. The molecule has 8 nitrogen and oxygen atoms in total. The summed E-state index contributed by atoms with van der Waals surface area (Å²) in [6.45, 7) is -0.0667. The molecular formula is C17H20F3N3O5S. The standard InChI is InChI=1S/C17H20F3N3O5S/c1-26-14-4-3-11(9-15(14)27-2)29(24,25)21-6-7-23-13-5-8-28-10-12(13)16(22-23)17(18,19)20/h3-4,9,21H,5-8,10H2,1-2H3. The van der Waals surface area contributed by atoms with Gasteiger partial charge in [0.2, 0.25) is 10.0 Å². The van der Waals surface area contributed by atoms with Crippen LogP contribution in [0.2, 0.25) is 0 Å². The first-order chi connectivity index (χ1) is 13.7. The molecule has 0 saturated heterocycles. The Morgan fingerprint density at radius 3 is 2.62 bits per heavy atom. The maximum atomic E-state index is 13.2. The van der Waals surface area contributed by atoms with Gasteiger partial charge in [0.05, 0.1) is 38.9 Å². The molecule has 0 saturated carbocycles. The topological polar surface area (TPSA) is 91.7 Å². The lowest BCUT2D eigenvalue weighted by Gasteiger charge is -2.16. The van der Waals surface area contributed by atoms with Gasteiger partial charge in [-0.2, -0.15) is 18.3 Å². The molecule has 160 valence electrons. The smallest absolute Gasteiger partial charge is 0.435 e. The second-order valence-corrected chi connectivity index (χ2v) is 7.98. The first kappa shape index (κ1) is 21.4. The van der Waals surface area contributed by atoms with Crippen LogP contribution in [0.4, 0.5) is 13.2 Å². The Morgan fingerprint density at radius 2 is 1.97 bits per heavy atom. The number of nitrogens with one attached hydrogen (secondary N) is 1. The molecule has 3 rings (SSSR count). The van der Waals surface area contributed by atoms with E-state index in [1.165, 1.54) is 37.1 Å². The number of rotatable bonds is 7. The molecule has 0 spiro atoms. The highest BCUT2D eigenvalue weighted by atomic mass is 32.2. The fraction of sp³-hybridized carbons (Fsp3) is 0.471. The molecule has 1 aromatic heterocycles. The molecule has 1 aliphatic rings. The first-order valence-corrected chi connectivity index (χ1v) is 10.1. The second-order valence-electron chi connectivity index (χ2n) is 6.21. The molecule has 0 bridgehead atoms. The van der Waals surface area contributed by atoms with E-state index >= 15 is 0 Å². The van der Waals surface area contributed by atoms with Gasteiger partial charge in [-0.25, -0.2) is 13.1 Å². The van der Waals surface area contributed by atoms with Crippen LogP contribution in [0.3, 0.4) is 0 Å². The van der Waals surface area contributed by atoms with Crippen LogP contribution in [-0.2, 0) is 40.5 Å². The number of sulfonamides is 1. The summed E-state index contributed by atoms with van der Waals surface area (Å²) in [5, 5.41) is 3.65. The van der Waals surface area contributed by atoms with E-state index < -0.39 is 21.9 Å². The van der Waals surface area contributed by atoms with Gasteiger partial charge in [0.15, 0.2) is 17.2 Å². The summed E-state index contributed by atoms with van der Waals surface area (Å²) in [7, 11) is -1.10. The van der Waals surface area contributed by atoms with E-state index in [9.17, 15) is 21.6 Å². The van der Waals surface area contributed by atoms with Gasteiger partial charge < -0.3 is 14.2 Å². The van der Waals surface area contributed by atoms with E-state index in [0.717, 1.165) is 0 Å². The molecule has 1 aromatic carbocycles. The molecule has 0 fully saturated rings. The van der Waals surface area contributed by atoms with Crippen molar-refractivity contribution in [2.45, 2.75) is 30.6 Å². The number of ether oxygens (including phenoxy) is 3. The van der Waals surface area contributed by atoms with Gasteiger partial charge in [0, 0.05) is 30.3 Å². The molecule has 0 atom stereocenters. The Kier molecular flexibility index (Phi) is 6.05. The van der Waals surface area contributed by atoms with Crippen LogP contribution in [-0.4, -0.2) is 45.6 Å². The summed E-state index contributed by atoms with van der Waals surface area (Å²) in [6.07, 6.45) is -4.32. The third-order valence-corrected chi connectivity index (χ3v) is 5.90. The summed E-state index contributed by atoms with van der Waals surface area (Å²) in [5.41, 5.74) is -0.574. The zero-order valence-electron chi connectivity index (χ0n) is 15.7. The van der Waals surface area contributed by atoms with E-state index in [-0.39, 0.29) is 48.9 Å². The molecule has 1 N–H and O–H groups in total. The number of fused-ring (bicyclic) bond motifs is 1. The van der Waals surface area contributed by atoms with Crippen molar-refractivity contribution in [1.82, 2.24) is 14.5 Å². The fourth-order valence-electron chi connectivity index (χ4n) is 3.07. The molecule has 12 heteroatoms. The normalized spacial score (nSPS) is 14.5. The maximum absolute atomic E-state index is 13.2. The summed E-state index contributed by atoms with van der Waals surface area (Å²) in [4.78, 5) is -0.0537. The molecule has 0 radical (unpaired) electrons.